The number of amides is 1. The van der Waals surface area contributed by atoms with Crippen molar-refractivity contribution in [1.82, 2.24) is 5.32 Å². The fourth-order valence-electron chi connectivity index (χ4n) is 2.21. The van der Waals surface area contributed by atoms with Crippen molar-refractivity contribution in [3.63, 3.8) is 0 Å². The van der Waals surface area contributed by atoms with Gasteiger partial charge in [-0.2, -0.15) is 0 Å². The number of ketones is 1. The van der Waals surface area contributed by atoms with Gasteiger partial charge in [-0.05, 0) is 45.9 Å². The highest BCUT2D eigenvalue weighted by atomic mass is 16.5. The van der Waals surface area contributed by atoms with Crippen molar-refractivity contribution < 1.29 is 19.4 Å². The molecule has 0 radical (unpaired) electrons. The van der Waals surface area contributed by atoms with Gasteiger partial charge >= 0.3 is 0 Å². The minimum Gasteiger partial charge on any atom is -0.487 e. The minimum absolute atomic E-state index is 0.0303. The molecule has 0 aromatic heterocycles. The average molecular weight is 291 g/mol. The Morgan fingerprint density at radius 1 is 1.43 bits per heavy atom. The lowest BCUT2D eigenvalue weighted by Crippen LogP contribution is -2.46. The van der Waals surface area contributed by atoms with Crippen molar-refractivity contribution in [2.24, 2.45) is 0 Å². The van der Waals surface area contributed by atoms with Gasteiger partial charge in [-0.15, -0.1) is 0 Å². The van der Waals surface area contributed by atoms with E-state index in [0.29, 0.717) is 16.9 Å². The summed E-state index contributed by atoms with van der Waals surface area (Å²) in [5.74, 6) is 0.154. The largest absolute Gasteiger partial charge is 0.487 e. The quantitative estimate of drug-likeness (QED) is 0.892. The van der Waals surface area contributed by atoms with E-state index in [-0.39, 0.29) is 24.7 Å². The summed E-state index contributed by atoms with van der Waals surface area (Å²) in [7, 11) is 0. The average Bonchev–Trinajstić information content (AvgIpc) is 2.36. The molecule has 0 fully saturated rings. The van der Waals surface area contributed by atoms with Crippen LogP contribution in [0.3, 0.4) is 0 Å². The van der Waals surface area contributed by atoms with Crippen LogP contribution < -0.4 is 10.1 Å². The third-order valence-electron chi connectivity index (χ3n) is 3.36. The molecule has 1 aliphatic rings. The van der Waals surface area contributed by atoms with E-state index in [4.69, 9.17) is 4.74 Å². The van der Waals surface area contributed by atoms with E-state index in [0.717, 1.165) is 0 Å². The van der Waals surface area contributed by atoms with Gasteiger partial charge in [0.1, 0.15) is 11.4 Å². The van der Waals surface area contributed by atoms with Crippen molar-refractivity contribution in [2.45, 2.75) is 45.3 Å². The molecule has 0 aliphatic carbocycles. The van der Waals surface area contributed by atoms with Gasteiger partial charge in [0, 0.05) is 5.56 Å². The molecule has 5 nitrogen and oxygen atoms in total. The molecule has 0 atom stereocenters. The summed E-state index contributed by atoms with van der Waals surface area (Å²) in [6.45, 7) is 7.00. The van der Waals surface area contributed by atoms with Crippen LogP contribution in [0.5, 0.6) is 5.75 Å². The predicted octanol–water partition coefficient (Wildman–Crippen LogP) is 1.93. The highest BCUT2D eigenvalue weighted by Gasteiger charge is 2.33. The van der Waals surface area contributed by atoms with Crippen LogP contribution in [0.2, 0.25) is 0 Å². The van der Waals surface area contributed by atoms with Gasteiger partial charge in [0.05, 0.1) is 24.1 Å². The molecule has 0 spiro atoms. The molecule has 1 aliphatic heterocycles. The number of aliphatic hydroxyl groups excluding tert-OH is 1. The molecule has 1 aromatic carbocycles. The predicted molar refractivity (Wildman–Crippen MR) is 78.7 cm³/mol. The number of fused-ring (bicyclic) bond motifs is 1. The summed E-state index contributed by atoms with van der Waals surface area (Å²) in [5.41, 5.74) is -0.418. The maximum absolute atomic E-state index is 12.2. The Kier molecular flexibility index (Phi) is 3.80. The number of carbonyl (C=O) groups excluding carboxylic acids is 2. The molecular weight excluding hydrogens is 270 g/mol. The Hall–Kier alpha value is -1.88. The number of Topliss-reactive ketones (excluding diaryl/α,β-unsaturated/α-hetero) is 1. The number of rotatable bonds is 3. The molecule has 21 heavy (non-hydrogen) atoms. The maximum Gasteiger partial charge on any atom is 0.251 e. The number of carbonyl (C=O) groups is 2. The maximum atomic E-state index is 12.2. The standard InChI is InChI=1S/C16H21NO4/c1-15(2,9-18)17-14(20)10-5-6-13-11(7-10)12(19)8-16(3,4)21-13/h5-7,18H,8-9H2,1-4H3,(H,17,20). The summed E-state index contributed by atoms with van der Waals surface area (Å²) in [5, 5.41) is 11.9. The lowest BCUT2D eigenvalue weighted by Gasteiger charge is -2.31. The molecule has 0 unspecified atom stereocenters. The first-order valence-corrected chi connectivity index (χ1v) is 6.93. The number of hydrogen-bond donors (Lipinski definition) is 2. The topological polar surface area (TPSA) is 75.6 Å². The van der Waals surface area contributed by atoms with Crippen molar-refractivity contribution in [2.75, 3.05) is 6.61 Å². The first-order chi connectivity index (χ1) is 9.63. The summed E-state index contributed by atoms with van der Waals surface area (Å²) in [4.78, 5) is 24.3. The van der Waals surface area contributed by atoms with Crippen LogP contribution in [0.1, 0.15) is 54.8 Å². The fourth-order valence-corrected chi connectivity index (χ4v) is 2.21. The van der Waals surface area contributed by atoms with Gasteiger partial charge in [-0.1, -0.05) is 0 Å². The van der Waals surface area contributed by atoms with E-state index in [2.05, 4.69) is 5.32 Å². The zero-order valence-electron chi connectivity index (χ0n) is 12.8. The molecule has 5 heteroatoms. The van der Waals surface area contributed by atoms with Crippen LogP contribution in [-0.2, 0) is 0 Å². The number of nitrogens with one attached hydrogen (secondary N) is 1. The molecule has 2 rings (SSSR count). The van der Waals surface area contributed by atoms with Gasteiger partial charge in [-0.25, -0.2) is 0 Å². The lowest BCUT2D eigenvalue weighted by atomic mass is 9.92. The highest BCUT2D eigenvalue weighted by molar-refractivity contribution is 6.03. The third-order valence-corrected chi connectivity index (χ3v) is 3.36. The smallest absolute Gasteiger partial charge is 0.251 e. The molecule has 1 heterocycles. The van der Waals surface area contributed by atoms with Gasteiger partial charge < -0.3 is 15.2 Å². The van der Waals surface area contributed by atoms with E-state index in [1.807, 2.05) is 13.8 Å². The molecule has 1 aromatic rings. The van der Waals surface area contributed by atoms with Crippen molar-refractivity contribution >= 4 is 11.7 Å². The summed E-state index contributed by atoms with van der Waals surface area (Å²) >= 11 is 0. The van der Waals surface area contributed by atoms with E-state index >= 15 is 0 Å². The molecule has 0 bridgehead atoms. The Morgan fingerprint density at radius 2 is 2.10 bits per heavy atom. The number of ether oxygens (including phenoxy) is 1. The molecule has 114 valence electrons. The van der Waals surface area contributed by atoms with Crippen LogP contribution in [0, 0.1) is 0 Å². The van der Waals surface area contributed by atoms with Crippen molar-refractivity contribution in [3.8, 4) is 5.75 Å². The second kappa shape index (κ2) is 5.15. The zero-order chi connectivity index (χ0) is 15.8. The molecule has 0 saturated carbocycles. The summed E-state index contributed by atoms with van der Waals surface area (Å²) < 4.78 is 5.75. The Bertz CT molecular complexity index is 590. The molecule has 0 saturated heterocycles. The van der Waals surface area contributed by atoms with Crippen LogP contribution in [0.4, 0.5) is 0 Å². The summed E-state index contributed by atoms with van der Waals surface area (Å²) in [6, 6.07) is 4.82. The molecule has 1 amide bonds. The van der Waals surface area contributed by atoms with Gasteiger partial charge in [0.25, 0.3) is 5.91 Å². The normalized spacial score (nSPS) is 16.9. The first kappa shape index (κ1) is 15.5. The van der Waals surface area contributed by atoms with Crippen LogP contribution in [0.15, 0.2) is 18.2 Å². The Labute approximate surface area is 124 Å². The van der Waals surface area contributed by atoms with Crippen LogP contribution in [-0.4, -0.2) is 34.5 Å². The number of benzene rings is 1. The Balaban J connectivity index is 2.28. The second-order valence-corrected chi connectivity index (χ2v) is 6.67. The lowest BCUT2D eigenvalue weighted by molar-refractivity contribution is 0.0620. The third kappa shape index (κ3) is 3.42. The van der Waals surface area contributed by atoms with Crippen molar-refractivity contribution in [3.05, 3.63) is 29.3 Å². The van der Waals surface area contributed by atoms with Crippen molar-refractivity contribution in [1.29, 1.82) is 0 Å². The zero-order valence-corrected chi connectivity index (χ0v) is 12.8. The second-order valence-electron chi connectivity index (χ2n) is 6.67. The monoisotopic (exact) mass is 291 g/mol. The highest BCUT2D eigenvalue weighted by Crippen LogP contribution is 2.33. The van der Waals surface area contributed by atoms with Gasteiger partial charge in [-0.3, -0.25) is 9.59 Å². The van der Waals surface area contributed by atoms with E-state index < -0.39 is 11.1 Å². The van der Waals surface area contributed by atoms with E-state index in [1.54, 1.807) is 32.0 Å². The SMILES string of the molecule is CC(C)(CO)NC(=O)c1ccc2c(c1)C(=O)CC(C)(C)O2. The minimum atomic E-state index is -0.713. The molecular formula is C16H21NO4. The van der Waals surface area contributed by atoms with Gasteiger partial charge in [0.15, 0.2) is 5.78 Å². The Morgan fingerprint density at radius 3 is 2.71 bits per heavy atom. The first-order valence-electron chi connectivity index (χ1n) is 6.93. The van der Waals surface area contributed by atoms with Crippen LogP contribution >= 0.6 is 0 Å². The molecule has 2 N–H and O–H groups in total. The number of hydrogen-bond acceptors (Lipinski definition) is 4. The fraction of sp³-hybridized carbons (Fsp3) is 0.500. The van der Waals surface area contributed by atoms with E-state index in [1.165, 1.54) is 0 Å². The van der Waals surface area contributed by atoms with Gasteiger partial charge in [0.2, 0.25) is 0 Å². The number of aliphatic hydroxyl groups is 1. The summed E-state index contributed by atoms with van der Waals surface area (Å²) in [6.07, 6.45) is 0.285. The van der Waals surface area contributed by atoms with Crippen LogP contribution in [0.25, 0.3) is 0 Å². The van der Waals surface area contributed by atoms with E-state index in [9.17, 15) is 14.7 Å².